The summed E-state index contributed by atoms with van der Waals surface area (Å²) >= 11 is 1.34. The van der Waals surface area contributed by atoms with Gasteiger partial charge in [-0.15, -0.1) is 11.8 Å². The molecule has 0 aliphatic carbocycles. The second kappa shape index (κ2) is 11.4. The van der Waals surface area contributed by atoms with Crippen LogP contribution in [0.1, 0.15) is 37.1 Å². The lowest BCUT2D eigenvalue weighted by molar-refractivity contribution is -0.115. The third-order valence-electron chi connectivity index (χ3n) is 5.42. The van der Waals surface area contributed by atoms with Gasteiger partial charge in [-0.25, -0.2) is 0 Å². The van der Waals surface area contributed by atoms with Crippen molar-refractivity contribution in [1.82, 2.24) is 0 Å². The van der Waals surface area contributed by atoms with Crippen LogP contribution in [0.25, 0.3) is 0 Å². The van der Waals surface area contributed by atoms with Crippen LogP contribution in [0.15, 0.2) is 108 Å². The lowest BCUT2D eigenvalue weighted by Gasteiger charge is -2.18. The van der Waals surface area contributed by atoms with Gasteiger partial charge in [0.25, 0.3) is 11.8 Å². The summed E-state index contributed by atoms with van der Waals surface area (Å²) in [6.07, 6.45) is 0. The topological polar surface area (TPSA) is 101 Å². The Kier molecular flexibility index (Phi) is 7.82. The number of aryl methyl sites for hydroxylation is 1. The maximum Gasteiger partial charge on any atom is 0.255 e. The Labute approximate surface area is 213 Å². The summed E-state index contributed by atoms with van der Waals surface area (Å²) in [5, 5.41) is 5.16. The monoisotopic (exact) mass is 495 g/mol. The number of hydrogen-bond acceptors (Lipinski definition) is 4. The van der Waals surface area contributed by atoms with Gasteiger partial charge in [-0.05, 0) is 55.0 Å². The predicted octanol–water partition coefficient (Wildman–Crippen LogP) is 5.82. The molecule has 4 rings (SSSR count). The number of hydrogen-bond donors (Lipinski definition) is 3. The number of primary amides is 1. The molecule has 1 unspecified atom stereocenters. The molecule has 36 heavy (non-hydrogen) atoms. The van der Waals surface area contributed by atoms with E-state index in [1.807, 2.05) is 73.7 Å². The van der Waals surface area contributed by atoms with Gasteiger partial charge in [0.05, 0.1) is 11.3 Å². The first-order valence-electron chi connectivity index (χ1n) is 11.3. The molecule has 0 bridgehead atoms. The van der Waals surface area contributed by atoms with Crippen LogP contribution in [0.3, 0.4) is 0 Å². The Morgan fingerprint density at radius 1 is 0.778 bits per heavy atom. The van der Waals surface area contributed by atoms with Crippen molar-refractivity contribution in [3.8, 4) is 0 Å². The van der Waals surface area contributed by atoms with Crippen LogP contribution in [0.2, 0.25) is 0 Å². The number of para-hydroxylation sites is 1. The van der Waals surface area contributed by atoms with Crippen molar-refractivity contribution >= 4 is 40.9 Å². The highest BCUT2D eigenvalue weighted by atomic mass is 32.2. The summed E-state index contributed by atoms with van der Waals surface area (Å²) in [4.78, 5) is 38.7. The van der Waals surface area contributed by atoms with Gasteiger partial charge in [-0.3, -0.25) is 14.4 Å². The number of thioether (sulfide) groups is 1. The molecule has 4 N–H and O–H groups in total. The highest BCUT2D eigenvalue weighted by molar-refractivity contribution is 8.00. The van der Waals surface area contributed by atoms with E-state index in [0.717, 1.165) is 16.0 Å². The number of amides is 3. The van der Waals surface area contributed by atoms with Crippen molar-refractivity contribution in [3.63, 3.8) is 0 Å². The van der Waals surface area contributed by atoms with Crippen LogP contribution in [0.4, 0.5) is 11.4 Å². The second-order valence-corrected chi connectivity index (χ2v) is 9.34. The fraction of sp³-hybridized carbons (Fsp3) is 0.0690. The smallest absolute Gasteiger partial charge is 0.255 e. The van der Waals surface area contributed by atoms with Crippen molar-refractivity contribution in [2.75, 3.05) is 10.6 Å². The summed E-state index contributed by atoms with van der Waals surface area (Å²) in [7, 11) is 0. The molecular formula is C29H25N3O3S. The van der Waals surface area contributed by atoms with E-state index in [1.54, 1.807) is 36.4 Å². The van der Waals surface area contributed by atoms with E-state index >= 15 is 0 Å². The maximum atomic E-state index is 13.4. The Bertz CT molecular complexity index is 1410. The zero-order chi connectivity index (χ0) is 25.5. The zero-order valence-electron chi connectivity index (χ0n) is 19.6. The zero-order valence-corrected chi connectivity index (χ0v) is 20.4. The lowest BCUT2D eigenvalue weighted by Crippen LogP contribution is -2.22. The number of nitrogens with one attached hydrogen (secondary N) is 2. The number of rotatable bonds is 8. The fourth-order valence-electron chi connectivity index (χ4n) is 3.68. The second-order valence-electron chi connectivity index (χ2n) is 8.16. The molecule has 0 spiro atoms. The lowest BCUT2D eigenvalue weighted by atomic mass is 10.1. The van der Waals surface area contributed by atoms with Gasteiger partial charge >= 0.3 is 0 Å². The summed E-state index contributed by atoms with van der Waals surface area (Å²) in [6.45, 7) is 1.94. The molecule has 0 aromatic heterocycles. The van der Waals surface area contributed by atoms with Gasteiger partial charge in [-0.2, -0.15) is 0 Å². The summed E-state index contributed by atoms with van der Waals surface area (Å²) in [5.41, 5.74) is 9.07. The van der Waals surface area contributed by atoms with E-state index in [4.69, 9.17) is 5.73 Å². The van der Waals surface area contributed by atoms with Crippen LogP contribution >= 0.6 is 11.8 Å². The molecule has 0 saturated heterocycles. The molecule has 0 saturated carbocycles. The van der Waals surface area contributed by atoms with Crippen molar-refractivity contribution in [3.05, 3.63) is 125 Å². The van der Waals surface area contributed by atoms with Crippen molar-refractivity contribution < 1.29 is 14.4 Å². The standard InChI is InChI=1S/C29H25N3O3S/c1-19-9-7-12-21(17-19)28(34)31-22-13-8-14-23(18-22)36-26(20-10-3-2-4-11-20)29(35)32-25-16-6-5-15-24(25)27(30)33/h2-18,26H,1H3,(H2,30,33)(H,31,34)(H,32,35). The minimum absolute atomic E-state index is 0.207. The van der Waals surface area contributed by atoms with Crippen LogP contribution in [-0.4, -0.2) is 17.7 Å². The van der Waals surface area contributed by atoms with Crippen LogP contribution < -0.4 is 16.4 Å². The van der Waals surface area contributed by atoms with Gasteiger partial charge in [0, 0.05) is 16.1 Å². The van der Waals surface area contributed by atoms with E-state index in [-0.39, 0.29) is 17.4 Å². The summed E-state index contributed by atoms with van der Waals surface area (Å²) < 4.78 is 0. The van der Waals surface area contributed by atoms with Gasteiger partial charge in [0.2, 0.25) is 5.91 Å². The largest absolute Gasteiger partial charge is 0.366 e. The predicted molar refractivity (Wildman–Crippen MR) is 144 cm³/mol. The van der Waals surface area contributed by atoms with Crippen molar-refractivity contribution in [2.24, 2.45) is 5.73 Å². The molecule has 1 atom stereocenters. The third kappa shape index (κ3) is 6.20. The number of carbonyl (C=O) groups is 3. The Hall–Kier alpha value is -4.36. The number of nitrogens with two attached hydrogens (primary N) is 1. The van der Waals surface area contributed by atoms with Crippen molar-refractivity contribution in [1.29, 1.82) is 0 Å². The molecule has 4 aromatic carbocycles. The molecule has 7 heteroatoms. The molecule has 3 amide bonds. The summed E-state index contributed by atoms with van der Waals surface area (Å²) in [5.74, 6) is -1.12. The van der Waals surface area contributed by atoms with E-state index < -0.39 is 11.2 Å². The molecule has 6 nitrogen and oxygen atoms in total. The third-order valence-corrected chi connectivity index (χ3v) is 6.66. The maximum absolute atomic E-state index is 13.4. The SMILES string of the molecule is Cc1cccc(C(=O)Nc2cccc(SC(C(=O)Nc3ccccc3C(N)=O)c3ccccc3)c2)c1. The van der Waals surface area contributed by atoms with Crippen molar-refractivity contribution in [2.45, 2.75) is 17.1 Å². The Balaban J connectivity index is 1.57. The first-order chi connectivity index (χ1) is 17.4. The van der Waals surface area contributed by atoms with E-state index in [0.29, 0.717) is 16.9 Å². The number of benzene rings is 4. The van der Waals surface area contributed by atoms with E-state index in [9.17, 15) is 14.4 Å². The Morgan fingerprint density at radius 3 is 2.25 bits per heavy atom. The minimum atomic E-state index is -0.619. The molecular weight excluding hydrogens is 470 g/mol. The van der Waals surface area contributed by atoms with Crippen LogP contribution in [-0.2, 0) is 4.79 Å². The summed E-state index contributed by atoms with van der Waals surface area (Å²) in [6, 6.07) is 30.7. The molecule has 4 aromatic rings. The number of anilines is 2. The van der Waals surface area contributed by atoms with Gasteiger partial charge in [0.1, 0.15) is 5.25 Å². The molecule has 0 heterocycles. The molecule has 0 fully saturated rings. The van der Waals surface area contributed by atoms with Crippen LogP contribution in [0, 0.1) is 6.92 Å². The molecule has 0 radical (unpaired) electrons. The average Bonchev–Trinajstić information content (AvgIpc) is 2.88. The minimum Gasteiger partial charge on any atom is -0.366 e. The van der Waals surface area contributed by atoms with Gasteiger partial charge in [-0.1, -0.05) is 66.2 Å². The van der Waals surface area contributed by atoms with E-state index in [2.05, 4.69) is 10.6 Å². The first-order valence-corrected chi connectivity index (χ1v) is 12.2. The Morgan fingerprint density at radius 2 is 1.50 bits per heavy atom. The van der Waals surface area contributed by atoms with E-state index in [1.165, 1.54) is 11.8 Å². The molecule has 180 valence electrons. The molecule has 0 aliphatic heterocycles. The highest BCUT2D eigenvalue weighted by Crippen LogP contribution is 2.37. The quantitative estimate of drug-likeness (QED) is 0.268. The highest BCUT2D eigenvalue weighted by Gasteiger charge is 2.23. The first kappa shape index (κ1) is 24.8. The average molecular weight is 496 g/mol. The van der Waals surface area contributed by atoms with Crippen LogP contribution in [0.5, 0.6) is 0 Å². The van der Waals surface area contributed by atoms with Gasteiger partial charge < -0.3 is 16.4 Å². The normalized spacial score (nSPS) is 11.4. The van der Waals surface area contributed by atoms with Gasteiger partial charge in [0.15, 0.2) is 0 Å². The molecule has 0 aliphatic rings. The number of carbonyl (C=O) groups excluding carboxylic acids is 3. The fourth-order valence-corrected chi connectivity index (χ4v) is 4.76.